The van der Waals surface area contributed by atoms with Crippen LogP contribution in [0.3, 0.4) is 0 Å². The van der Waals surface area contributed by atoms with Gasteiger partial charge in [-0.1, -0.05) is 6.07 Å². The van der Waals surface area contributed by atoms with Crippen LogP contribution in [-0.4, -0.2) is 31.3 Å². The molecule has 1 heterocycles. The van der Waals surface area contributed by atoms with Gasteiger partial charge in [-0.15, -0.1) is 0 Å². The van der Waals surface area contributed by atoms with Crippen LogP contribution in [0.4, 0.5) is 0 Å². The standard InChI is InChI=1S/C13H17NO4S/c1-9-5-6-11(8-10(9)2)19(17,18)14-7-3-4-12(14)13(15)16/h5-6,8,12H,3-4,7H2,1-2H3,(H,15,16)/p-1/t12-/m0/s1. The highest BCUT2D eigenvalue weighted by molar-refractivity contribution is 7.89. The number of sulfonamides is 1. The number of carbonyl (C=O) groups excluding carboxylic acids is 1. The van der Waals surface area contributed by atoms with Crippen LogP contribution in [-0.2, 0) is 14.8 Å². The first-order valence-corrected chi connectivity index (χ1v) is 7.58. The van der Waals surface area contributed by atoms with Crippen molar-refractivity contribution in [1.29, 1.82) is 0 Å². The van der Waals surface area contributed by atoms with Crippen molar-refractivity contribution in [3.05, 3.63) is 29.3 Å². The largest absolute Gasteiger partial charge is 0.548 e. The molecule has 0 aliphatic carbocycles. The molecule has 0 amide bonds. The van der Waals surface area contributed by atoms with Gasteiger partial charge in [-0.05, 0) is 49.9 Å². The molecule has 19 heavy (non-hydrogen) atoms. The Hall–Kier alpha value is -1.40. The second kappa shape index (κ2) is 4.94. The number of hydrogen-bond acceptors (Lipinski definition) is 4. The minimum Gasteiger partial charge on any atom is -0.548 e. The molecule has 2 rings (SSSR count). The first-order chi connectivity index (χ1) is 8.84. The maximum atomic E-state index is 12.4. The van der Waals surface area contributed by atoms with Crippen LogP contribution in [0.25, 0.3) is 0 Å². The molecule has 5 nitrogen and oxygen atoms in total. The highest BCUT2D eigenvalue weighted by Crippen LogP contribution is 2.26. The number of carboxylic acids is 1. The Morgan fingerprint density at radius 1 is 1.32 bits per heavy atom. The van der Waals surface area contributed by atoms with E-state index >= 15 is 0 Å². The Bertz CT molecular complexity index is 609. The lowest BCUT2D eigenvalue weighted by atomic mass is 10.1. The molecule has 1 aromatic rings. The molecule has 1 aromatic carbocycles. The normalized spacial score (nSPS) is 20.6. The third-order valence-electron chi connectivity index (χ3n) is 3.56. The Labute approximate surface area is 112 Å². The second-order valence-corrected chi connectivity index (χ2v) is 6.73. The maximum absolute atomic E-state index is 12.4. The number of aliphatic carboxylic acids is 1. The van der Waals surface area contributed by atoms with Crippen LogP contribution in [0.5, 0.6) is 0 Å². The van der Waals surface area contributed by atoms with Gasteiger partial charge in [0, 0.05) is 6.54 Å². The van der Waals surface area contributed by atoms with Gasteiger partial charge in [0.25, 0.3) is 0 Å². The molecule has 0 radical (unpaired) electrons. The van der Waals surface area contributed by atoms with Crippen molar-refractivity contribution < 1.29 is 18.3 Å². The van der Waals surface area contributed by atoms with Crippen molar-refractivity contribution in [1.82, 2.24) is 4.31 Å². The van der Waals surface area contributed by atoms with Crippen molar-refractivity contribution in [3.63, 3.8) is 0 Å². The number of benzene rings is 1. The van der Waals surface area contributed by atoms with Crippen LogP contribution >= 0.6 is 0 Å². The summed E-state index contributed by atoms with van der Waals surface area (Å²) in [6.07, 6.45) is 0.856. The Balaban J connectivity index is 2.42. The van der Waals surface area contributed by atoms with Crippen molar-refractivity contribution in [2.45, 2.75) is 37.6 Å². The summed E-state index contributed by atoms with van der Waals surface area (Å²) < 4.78 is 25.9. The van der Waals surface area contributed by atoms with E-state index in [0.717, 1.165) is 15.4 Å². The van der Waals surface area contributed by atoms with Gasteiger partial charge in [-0.3, -0.25) is 0 Å². The van der Waals surface area contributed by atoms with Gasteiger partial charge in [0.05, 0.1) is 16.9 Å². The van der Waals surface area contributed by atoms with Crippen LogP contribution in [0, 0.1) is 13.8 Å². The SMILES string of the molecule is Cc1ccc(S(=O)(=O)N2CCC[C@H]2C(=O)[O-])cc1C. The van der Waals surface area contributed by atoms with E-state index in [1.54, 1.807) is 12.1 Å². The molecule has 104 valence electrons. The van der Waals surface area contributed by atoms with E-state index in [9.17, 15) is 18.3 Å². The molecule has 1 atom stereocenters. The van der Waals surface area contributed by atoms with Gasteiger partial charge in [0.15, 0.2) is 0 Å². The summed E-state index contributed by atoms with van der Waals surface area (Å²) in [5.41, 5.74) is 1.86. The van der Waals surface area contributed by atoms with Gasteiger partial charge >= 0.3 is 0 Å². The lowest BCUT2D eigenvalue weighted by molar-refractivity contribution is -0.309. The summed E-state index contributed by atoms with van der Waals surface area (Å²) in [5, 5.41) is 11.0. The van der Waals surface area contributed by atoms with E-state index in [0.29, 0.717) is 12.8 Å². The quantitative estimate of drug-likeness (QED) is 0.794. The van der Waals surface area contributed by atoms with Crippen molar-refractivity contribution in [2.24, 2.45) is 0 Å². The van der Waals surface area contributed by atoms with E-state index in [1.165, 1.54) is 6.07 Å². The molecule has 0 aromatic heterocycles. The van der Waals surface area contributed by atoms with Crippen molar-refractivity contribution >= 4 is 16.0 Å². The molecular weight excluding hydrogens is 266 g/mol. The average molecular weight is 282 g/mol. The number of carbonyl (C=O) groups is 1. The monoisotopic (exact) mass is 282 g/mol. The molecule has 1 aliphatic rings. The van der Waals surface area contributed by atoms with E-state index < -0.39 is 22.0 Å². The number of rotatable bonds is 3. The zero-order chi connectivity index (χ0) is 14.2. The number of hydrogen-bond donors (Lipinski definition) is 0. The summed E-state index contributed by atoms with van der Waals surface area (Å²) in [6.45, 7) is 3.95. The number of nitrogens with zero attached hydrogens (tertiary/aromatic N) is 1. The predicted molar refractivity (Wildman–Crippen MR) is 67.8 cm³/mol. The molecule has 1 fully saturated rings. The first-order valence-electron chi connectivity index (χ1n) is 6.14. The molecule has 1 aliphatic heterocycles. The smallest absolute Gasteiger partial charge is 0.243 e. The zero-order valence-corrected chi connectivity index (χ0v) is 11.7. The summed E-state index contributed by atoms with van der Waals surface area (Å²) in [4.78, 5) is 11.1. The molecule has 0 spiro atoms. The zero-order valence-electron chi connectivity index (χ0n) is 10.9. The summed E-state index contributed by atoms with van der Waals surface area (Å²) >= 11 is 0. The second-order valence-electron chi connectivity index (χ2n) is 4.84. The lowest BCUT2D eigenvalue weighted by Gasteiger charge is -2.24. The van der Waals surface area contributed by atoms with Crippen LogP contribution in [0.1, 0.15) is 24.0 Å². The lowest BCUT2D eigenvalue weighted by Crippen LogP contribution is -2.46. The maximum Gasteiger partial charge on any atom is 0.243 e. The number of aryl methyl sites for hydroxylation is 2. The van der Waals surface area contributed by atoms with Gasteiger partial charge in [0.2, 0.25) is 10.0 Å². The average Bonchev–Trinajstić information content (AvgIpc) is 2.82. The summed E-state index contributed by atoms with van der Waals surface area (Å²) in [7, 11) is -3.76. The van der Waals surface area contributed by atoms with E-state index in [1.807, 2.05) is 13.8 Å². The Morgan fingerprint density at radius 3 is 2.58 bits per heavy atom. The minimum absolute atomic E-state index is 0.142. The molecule has 0 unspecified atom stereocenters. The Morgan fingerprint density at radius 2 is 2.00 bits per heavy atom. The molecular formula is C13H16NO4S-. The van der Waals surface area contributed by atoms with Crippen LogP contribution in [0.2, 0.25) is 0 Å². The highest BCUT2D eigenvalue weighted by Gasteiger charge is 2.36. The molecule has 6 heteroatoms. The van der Waals surface area contributed by atoms with E-state index in [2.05, 4.69) is 0 Å². The summed E-state index contributed by atoms with van der Waals surface area (Å²) in [6, 6.07) is 3.77. The number of carboxylic acid groups (broad SMARTS) is 1. The molecule has 0 saturated carbocycles. The van der Waals surface area contributed by atoms with Gasteiger partial charge in [-0.25, -0.2) is 8.42 Å². The fourth-order valence-electron chi connectivity index (χ4n) is 2.27. The molecule has 0 N–H and O–H groups in total. The van der Waals surface area contributed by atoms with Gasteiger partial charge < -0.3 is 9.90 Å². The van der Waals surface area contributed by atoms with Crippen LogP contribution in [0.15, 0.2) is 23.1 Å². The predicted octanol–water partition coefficient (Wildman–Crippen LogP) is 0.206. The highest BCUT2D eigenvalue weighted by atomic mass is 32.2. The van der Waals surface area contributed by atoms with E-state index in [-0.39, 0.29) is 11.4 Å². The Kier molecular flexibility index (Phi) is 3.64. The van der Waals surface area contributed by atoms with Crippen LogP contribution < -0.4 is 5.11 Å². The third-order valence-corrected chi connectivity index (χ3v) is 5.46. The molecule has 0 bridgehead atoms. The summed E-state index contributed by atoms with van der Waals surface area (Å²) in [5.74, 6) is -1.33. The van der Waals surface area contributed by atoms with E-state index in [4.69, 9.17) is 0 Å². The van der Waals surface area contributed by atoms with Gasteiger partial charge in [-0.2, -0.15) is 4.31 Å². The van der Waals surface area contributed by atoms with Gasteiger partial charge in [0.1, 0.15) is 0 Å². The van der Waals surface area contributed by atoms with Crippen molar-refractivity contribution in [3.8, 4) is 0 Å². The fraction of sp³-hybridized carbons (Fsp3) is 0.462. The minimum atomic E-state index is -3.76. The third kappa shape index (κ3) is 2.50. The van der Waals surface area contributed by atoms with Crippen molar-refractivity contribution in [2.75, 3.05) is 6.54 Å². The topological polar surface area (TPSA) is 77.5 Å². The molecule has 1 saturated heterocycles. The first kappa shape index (κ1) is 14.0. The fourth-order valence-corrected chi connectivity index (χ4v) is 4.01.